The van der Waals surface area contributed by atoms with Crippen LogP contribution in [0, 0.1) is 0 Å². The van der Waals surface area contributed by atoms with E-state index in [1.807, 2.05) is 0 Å². The third kappa shape index (κ3) is 6.92. The molecule has 62 heavy (non-hydrogen) atoms. The van der Waals surface area contributed by atoms with E-state index in [0.717, 1.165) is 24.0 Å². The molecule has 7 heteroatoms. The average Bonchev–Trinajstić information content (AvgIpc) is 3.83. The van der Waals surface area contributed by atoms with Gasteiger partial charge in [-0.1, -0.05) is 127 Å². The van der Waals surface area contributed by atoms with E-state index < -0.39 is 17.8 Å². The SMILES string of the molecule is CCCCN1C(=O)C(=C2/C(=C\C=C3\N(C(C)C)c4ccc5ccccc5c4C3(C)C)CC/C2=C\C=C2\N(C(C)C)c3ccc4ccccc4c3C2(C)C)C(=O)N(CCCC)C1=O. The number of benzene rings is 4. The number of allylic oxidation sites excluding steroid dienone is 9. The number of barbiturate groups is 1. The topological polar surface area (TPSA) is 64.2 Å². The van der Waals surface area contributed by atoms with Gasteiger partial charge in [0.1, 0.15) is 5.57 Å². The van der Waals surface area contributed by atoms with E-state index in [1.54, 1.807) is 0 Å². The van der Waals surface area contributed by atoms with Crippen LogP contribution in [-0.4, -0.2) is 52.8 Å². The van der Waals surface area contributed by atoms with Gasteiger partial charge in [0.2, 0.25) is 0 Å². The van der Waals surface area contributed by atoms with E-state index in [4.69, 9.17) is 0 Å². The Kier molecular flexibility index (Phi) is 11.5. The van der Waals surface area contributed by atoms with Crippen LogP contribution in [0.25, 0.3) is 21.5 Å². The Morgan fingerprint density at radius 1 is 0.548 bits per heavy atom. The number of carbonyl (C=O) groups is 3. The summed E-state index contributed by atoms with van der Waals surface area (Å²) in [6, 6.07) is 26.1. The number of hydrogen-bond donors (Lipinski definition) is 0. The highest BCUT2D eigenvalue weighted by molar-refractivity contribution is 6.30. The van der Waals surface area contributed by atoms with Crippen LogP contribution in [0.1, 0.15) is 119 Å². The minimum Gasteiger partial charge on any atom is -0.341 e. The maximum absolute atomic E-state index is 14.8. The predicted octanol–water partition coefficient (Wildman–Crippen LogP) is 12.8. The largest absolute Gasteiger partial charge is 0.341 e. The van der Waals surface area contributed by atoms with Crippen LogP contribution in [0.5, 0.6) is 0 Å². The van der Waals surface area contributed by atoms with E-state index in [9.17, 15) is 14.4 Å². The van der Waals surface area contributed by atoms with Gasteiger partial charge in [-0.25, -0.2) is 4.79 Å². The molecule has 3 heterocycles. The zero-order valence-corrected chi connectivity index (χ0v) is 38.6. The first-order chi connectivity index (χ1) is 29.6. The van der Waals surface area contributed by atoms with Crippen LogP contribution in [0.3, 0.4) is 0 Å². The van der Waals surface area contributed by atoms with Gasteiger partial charge in [0, 0.05) is 58.8 Å². The van der Waals surface area contributed by atoms with Gasteiger partial charge in [-0.3, -0.25) is 19.4 Å². The molecule has 2 fully saturated rings. The Hall–Kier alpha value is -5.69. The van der Waals surface area contributed by atoms with Crippen molar-refractivity contribution < 1.29 is 14.4 Å². The molecule has 3 aliphatic heterocycles. The summed E-state index contributed by atoms with van der Waals surface area (Å²) in [6.07, 6.45) is 13.1. The molecule has 0 atom stereocenters. The van der Waals surface area contributed by atoms with E-state index >= 15 is 0 Å². The van der Waals surface area contributed by atoms with Crippen molar-refractivity contribution in [3.63, 3.8) is 0 Å². The Morgan fingerprint density at radius 3 is 1.34 bits per heavy atom. The lowest BCUT2D eigenvalue weighted by molar-refractivity contribution is -0.136. The molecule has 1 saturated heterocycles. The van der Waals surface area contributed by atoms with Gasteiger partial charge in [-0.05, 0) is 127 Å². The Bertz CT molecular complexity index is 2470. The number of urea groups is 1. The van der Waals surface area contributed by atoms with Gasteiger partial charge >= 0.3 is 6.03 Å². The Labute approximate surface area is 369 Å². The molecule has 322 valence electrons. The molecule has 1 aliphatic carbocycles. The summed E-state index contributed by atoms with van der Waals surface area (Å²) in [5.41, 5.74) is 9.42. The summed E-state index contributed by atoms with van der Waals surface area (Å²) in [4.78, 5) is 51.1. The summed E-state index contributed by atoms with van der Waals surface area (Å²) >= 11 is 0. The molecule has 0 N–H and O–H groups in total. The lowest BCUT2D eigenvalue weighted by Crippen LogP contribution is -2.57. The summed E-state index contributed by atoms with van der Waals surface area (Å²) in [6.45, 7) is 22.8. The fourth-order valence-electron chi connectivity index (χ4n) is 10.7. The van der Waals surface area contributed by atoms with Crippen molar-refractivity contribution in [3.05, 3.63) is 142 Å². The maximum atomic E-state index is 14.8. The zero-order valence-electron chi connectivity index (χ0n) is 38.6. The number of carbonyl (C=O) groups excluding carboxylic acids is 3. The molecule has 7 nitrogen and oxygen atoms in total. The van der Waals surface area contributed by atoms with Crippen LogP contribution < -0.4 is 9.80 Å². The molecule has 4 aromatic carbocycles. The number of imide groups is 2. The Morgan fingerprint density at radius 2 is 0.952 bits per heavy atom. The number of nitrogens with zero attached hydrogens (tertiary/aromatic N) is 4. The van der Waals surface area contributed by atoms with Gasteiger partial charge in [0.15, 0.2) is 0 Å². The highest BCUT2D eigenvalue weighted by Crippen LogP contribution is 2.53. The number of anilines is 2. The smallest absolute Gasteiger partial charge is 0.333 e. The van der Waals surface area contributed by atoms with Gasteiger partial charge in [-0.2, -0.15) is 0 Å². The second-order valence-corrected chi connectivity index (χ2v) is 19.2. The standard InChI is InChI=1S/C55H64N4O3/c1-11-13-33-56-51(60)48(52(61)57(53(56)62)34-14-12-2)47-39(27-31-45-54(7,8)49-41-21-17-15-19-37(41)25-29-43(49)58(45)35(3)4)23-24-40(47)28-32-46-55(9,10)50-42-22-18-16-20-38(42)26-30-44(50)59(46)36(5)6/h15-22,25-32,35-36H,11-14,23-24,33-34H2,1-10H3/b39-27-,40-28+,45-31+,46-32+. The number of rotatable bonds is 10. The first kappa shape index (κ1) is 43.0. The van der Waals surface area contributed by atoms with E-state index in [0.29, 0.717) is 31.3 Å². The lowest BCUT2D eigenvalue weighted by atomic mass is 9.81. The van der Waals surface area contributed by atoms with Gasteiger partial charge in [-0.15, -0.1) is 0 Å². The molecule has 0 spiro atoms. The van der Waals surface area contributed by atoms with Gasteiger partial charge in [0.25, 0.3) is 11.8 Å². The summed E-state index contributed by atoms with van der Waals surface area (Å²) in [7, 11) is 0. The molecule has 0 unspecified atom stereocenters. The number of fused-ring (bicyclic) bond motifs is 6. The van der Waals surface area contributed by atoms with Crippen LogP contribution in [0.2, 0.25) is 0 Å². The molecule has 0 radical (unpaired) electrons. The molecule has 4 aromatic rings. The van der Waals surface area contributed by atoms with Crippen LogP contribution >= 0.6 is 0 Å². The minimum absolute atomic E-state index is 0.116. The van der Waals surface area contributed by atoms with Crippen LogP contribution in [-0.2, 0) is 20.4 Å². The molecule has 1 saturated carbocycles. The molecular formula is C55H64N4O3. The molecule has 0 bridgehead atoms. The number of hydrogen-bond acceptors (Lipinski definition) is 5. The molecule has 8 rings (SSSR count). The zero-order chi connectivity index (χ0) is 44.2. The van der Waals surface area contributed by atoms with Crippen molar-refractivity contribution in [2.75, 3.05) is 22.9 Å². The van der Waals surface area contributed by atoms with E-state index in [1.165, 1.54) is 65.2 Å². The first-order valence-electron chi connectivity index (χ1n) is 23.0. The monoisotopic (exact) mass is 828 g/mol. The summed E-state index contributed by atoms with van der Waals surface area (Å²) in [5, 5.41) is 4.94. The van der Waals surface area contributed by atoms with Crippen molar-refractivity contribution in [3.8, 4) is 0 Å². The van der Waals surface area contributed by atoms with E-state index in [-0.39, 0.29) is 41.6 Å². The predicted molar refractivity (Wildman–Crippen MR) is 256 cm³/mol. The van der Waals surface area contributed by atoms with Crippen molar-refractivity contribution >= 4 is 50.8 Å². The highest BCUT2D eigenvalue weighted by Gasteiger charge is 2.46. The fourth-order valence-corrected chi connectivity index (χ4v) is 10.7. The normalized spacial score (nSPS) is 21.3. The average molecular weight is 829 g/mol. The number of unbranched alkanes of at least 4 members (excludes halogenated alkanes) is 2. The molecule has 0 aromatic heterocycles. The van der Waals surface area contributed by atoms with Crippen LogP contribution in [0.4, 0.5) is 16.2 Å². The summed E-state index contributed by atoms with van der Waals surface area (Å²) < 4.78 is 0. The fraction of sp³-hybridized carbons (Fsp3) is 0.400. The summed E-state index contributed by atoms with van der Waals surface area (Å²) in [5.74, 6) is -0.967. The lowest BCUT2D eigenvalue weighted by Gasteiger charge is -2.35. The van der Waals surface area contributed by atoms with Crippen molar-refractivity contribution in [1.82, 2.24) is 9.80 Å². The quantitative estimate of drug-likeness (QED) is 0.118. The maximum Gasteiger partial charge on any atom is 0.333 e. The third-order valence-corrected chi connectivity index (χ3v) is 13.7. The highest BCUT2D eigenvalue weighted by atomic mass is 16.2. The second kappa shape index (κ2) is 16.5. The van der Waals surface area contributed by atoms with Crippen molar-refractivity contribution in [2.45, 2.75) is 131 Å². The third-order valence-electron chi connectivity index (χ3n) is 13.7. The van der Waals surface area contributed by atoms with E-state index in [2.05, 4.69) is 176 Å². The van der Waals surface area contributed by atoms with Crippen molar-refractivity contribution in [2.24, 2.45) is 0 Å². The van der Waals surface area contributed by atoms with Gasteiger partial charge < -0.3 is 9.80 Å². The van der Waals surface area contributed by atoms with Gasteiger partial charge in [0.05, 0.1) is 0 Å². The Balaban J connectivity index is 1.33. The molecule has 4 amide bonds. The molecular weight excluding hydrogens is 765 g/mol. The number of amides is 4. The molecule has 4 aliphatic rings. The van der Waals surface area contributed by atoms with Crippen LogP contribution in [0.15, 0.2) is 131 Å². The first-order valence-corrected chi connectivity index (χ1v) is 23.0. The second-order valence-electron chi connectivity index (χ2n) is 19.2. The van der Waals surface area contributed by atoms with Crippen molar-refractivity contribution in [1.29, 1.82) is 0 Å². The minimum atomic E-state index is -0.500.